The van der Waals surface area contributed by atoms with Crippen LogP contribution in [0.15, 0.2) is 78.9 Å². The predicted molar refractivity (Wildman–Crippen MR) is 121 cm³/mol. The molecule has 1 fully saturated rings. The molecule has 3 aromatic carbocycles. The molecule has 1 atom stereocenters. The van der Waals surface area contributed by atoms with Gasteiger partial charge in [-0.1, -0.05) is 78.9 Å². The monoisotopic (exact) mass is 396 g/mol. The van der Waals surface area contributed by atoms with E-state index in [9.17, 15) is 4.79 Å². The first kappa shape index (κ1) is 19.1. The number of rotatable bonds is 5. The number of hydrogen-bond donors (Lipinski definition) is 1. The van der Waals surface area contributed by atoms with Gasteiger partial charge in [-0.05, 0) is 47.1 Å². The molecule has 0 bridgehead atoms. The lowest BCUT2D eigenvalue weighted by molar-refractivity contribution is -0.122. The maximum Gasteiger partial charge on any atom is 0.232 e. The molecule has 2 aliphatic rings. The summed E-state index contributed by atoms with van der Waals surface area (Å²) in [5.41, 5.74) is 6.24. The summed E-state index contributed by atoms with van der Waals surface area (Å²) in [6.45, 7) is 3.04. The van der Waals surface area contributed by atoms with Crippen molar-refractivity contribution in [3.8, 4) is 0 Å². The third-order valence-corrected chi connectivity index (χ3v) is 6.55. The number of amides is 1. The van der Waals surface area contributed by atoms with Crippen molar-refractivity contribution in [3.63, 3.8) is 0 Å². The van der Waals surface area contributed by atoms with Gasteiger partial charge in [0, 0.05) is 25.7 Å². The van der Waals surface area contributed by atoms with Crippen molar-refractivity contribution in [2.45, 2.75) is 31.2 Å². The Labute approximate surface area is 178 Å². The standard InChI is InChI=1S/C27H28N2O/c30-27(28-23-15-17-29(19-23)16-14-20-8-2-1-3-9-20)26-24-12-6-4-10-21(24)18-22-11-5-7-13-25(22)26/h1-13,23,26H,14-19H2,(H,28,30). The van der Waals surface area contributed by atoms with Crippen LogP contribution in [-0.2, 0) is 17.6 Å². The van der Waals surface area contributed by atoms with Crippen molar-refractivity contribution < 1.29 is 4.79 Å². The third kappa shape index (κ3) is 3.90. The second-order valence-corrected chi connectivity index (χ2v) is 8.54. The number of likely N-dealkylation sites (tertiary alicyclic amines) is 1. The van der Waals surface area contributed by atoms with Crippen molar-refractivity contribution in [3.05, 3.63) is 107 Å². The molecule has 1 heterocycles. The summed E-state index contributed by atoms with van der Waals surface area (Å²) >= 11 is 0. The van der Waals surface area contributed by atoms with Gasteiger partial charge in [0.1, 0.15) is 0 Å². The van der Waals surface area contributed by atoms with Crippen molar-refractivity contribution in [2.24, 2.45) is 0 Å². The highest BCUT2D eigenvalue weighted by atomic mass is 16.2. The van der Waals surface area contributed by atoms with E-state index in [4.69, 9.17) is 0 Å². The van der Waals surface area contributed by atoms with E-state index in [0.717, 1.165) is 50.0 Å². The van der Waals surface area contributed by atoms with E-state index < -0.39 is 0 Å². The van der Waals surface area contributed by atoms with Crippen LogP contribution in [0.3, 0.4) is 0 Å². The Bertz CT molecular complexity index is 984. The fourth-order valence-corrected chi connectivity index (χ4v) is 4.98. The first-order valence-corrected chi connectivity index (χ1v) is 11.0. The number of carbonyl (C=O) groups is 1. The molecule has 1 N–H and O–H groups in total. The molecule has 1 saturated heterocycles. The number of carbonyl (C=O) groups excluding carboxylic acids is 1. The summed E-state index contributed by atoms with van der Waals surface area (Å²) < 4.78 is 0. The van der Waals surface area contributed by atoms with Crippen LogP contribution >= 0.6 is 0 Å². The molecule has 0 radical (unpaired) electrons. The normalized spacial score (nSPS) is 18.6. The van der Waals surface area contributed by atoms with E-state index in [2.05, 4.69) is 76.9 Å². The first-order valence-electron chi connectivity index (χ1n) is 11.0. The van der Waals surface area contributed by atoms with E-state index in [1.165, 1.54) is 16.7 Å². The average molecular weight is 397 g/mol. The average Bonchev–Trinajstić information content (AvgIpc) is 3.23. The molecule has 3 heteroatoms. The lowest BCUT2D eigenvalue weighted by Crippen LogP contribution is -2.41. The van der Waals surface area contributed by atoms with Gasteiger partial charge in [-0.2, -0.15) is 0 Å². The maximum atomic E-state index is 13.4. The zero-order valence-corrected chi connectivity index (χ0v) is 17.3. The molecule has 1 amide bonds. The minimum absolute atomic E-state index is 0.143. The zero-order valence-electron chi connectivity index (χ0n) is 17.3. The van der Waals surface area contributed by atoms with Crippen LogP contribution in [0.2, 0.25) is 0 Å². The molecular formula is C27H28N2O. The SMILES string of the molecule is O=C(NC1CCN(CCc2ccccc2)C1)C1c2ccccc2Cc2ccccc21. The minimum atomic E-state index is -0.204. The molecule has 1 aliphatic heterocycles. The summed E-state index contributed by atoms with van der Waals surface area (Å²) in [5, 5.41) is 3.38. The molecule has 30 heavy (non-hydrogen) atoms. The zero-order chi connectivity index (χ0) is 20.3. The quantitative estimate of drug-likeness (QED) is 0.702. The van der Waals surface area contributed by atoms with Crippen LogP contribution in [-0.4, -0.2) is 36.5 Å². The van der Waals surface area contributed by atoms with Gasteiger partial charge in [0.05, 0.1) is 5.92 Å². The van der Waals surface area contributed by atoms with Crippen molar-refractivity contribution in [2.75, 3.05) is 19.6 Å². The van der Waals surface area contributed by atoms with Gasteiger partial charge in [-0.3, -0.25) is 4.79 Å². The molecular weight excluding hydrogens is 368 g/mol. The van der Waals surface area contributed by atoms with Gasteiger partial charge in [0.25, 0.3) is 0 Å². The lowest BCUT2D eigenvalue weighted by atomic mass is 9.77. The van der Waals surface area contributed by atoms with Gasteiger partial charge in [0.2, 0.25) is 5.91 Å². The van der Waals surface area contributed by atoms with Gasteiger partial charge in [-0.15, -0.1) is 0 Å². The van der Waals surface area contributed by atoms with Crippen molar-refractivity contribution >= 4 is 5.91 Å². The highest BCUT2D eigenvalue weighted by Crippen LogP contribution is 2.36. The second-order valence-electron chi connectivity index (χ2n) is 8.54. The molecule has 152 valence electrons. The van der Waals surface area contributed by atoms with Crippen LogP contribution in [0.4, 0.5) is 0 Å². The second kappa shape index (κ2) is 8.45. The van der Waals surface area contributed by atoms with E-state index >= 15 is 0 Å². The third-order valence-electron chi connectivity index (χ3n) is 6.55. The van der Waals surface area contributed by atoms with Gasteiger partial charge in [0.15, 0.2) is 0 Å². The Morgan fingerprint density at radius 2 is 1.50 bits per heavy atom. The molecule has 1 aliphatic carbocycles. The van der Waals surface area contributed by atoms with Crippen LogP contribution in [0.25, 0.3) is 0 Å². The van der Waals surface area contributed by atoms with Crippen molar-refractivity contribution in [1.82, 2.24) is 10.2 Å². The van der Waals surface area contributed by atoms with E-state index in [-0.39, 0.29) is 17.9 Å². The number of hydrogen-bond acceptors (Lipinski definition) is 2. The smallest absolute Gasteiger partial charge is 0.232 e. The Morgan fingerprint density at radius 3 is 2.20 bits per heavy atom. The van der Waals surface area contributed by atoms with Gasteiger partial charge in [-0.25, -0.2) is 0 Å². The summed E-state index contributed by atoms with van der Waals surface area (Å²) in [7, 11) is 0. The summed E-state index contributed by atoms with van der Waals surface area (Å²) in [6.07, 6.45) is 2.99. The Morgan fingerprint density at radius 1 is 0.867 bits per heavy atom. The molecule has 0 spiro atoms. The van der Waals surface area contributed by atoms with E-state index in [1.54, 1.807) is 0 Å². The largest absolute Gasteiger partial charge is 0.351 e. The van der Waals surface area contributed by atoms with Crippen molar-refractivity contribution in [1.29, 1.82) is 0 Å². The Balaban J connectivity index is 1.26. The van der Waals surface area contributed by atoms with Crippen LogP contribution in [0.1, 0.15) is 40.2 Å². The first-order chi connectivity index (χ1) is 14.8. The molecule has 3 aromatic rings. The van der Waals surface area contributed by atoms with E-state index in [0.29, 0.717) is 0 Å². The topological polar surface area (TPSA) is 32.3 Å². The van der Waals surface area contributed by atoms with Crippen LogP contribution in [0, 0.1) is 0 Å². The Kier molecular flexibility index (Phi) is 5.37. The van der Waals surface area contributed by atoms with Gasteiger partial charge < -0.3 is 10.2 Å². The highest BCUT2D eigenvalue weighted by molar-refractivity contribution is 5.89. The number of nitrogens with zero attached hydrogens (tertiary/aromatic N) is 1. The summed E-state index contributed by atoms with van der Waals surface area (Å²) in [6, 6.07) is 27.7. The molecule has 5 rings (SSSR count). The fourth-order valence-electron chi connectivity index (χ4n) is 4.98. The minimum Gasteiger partial charge on any atom is -0.351 e. The molecule has 0 aromatic heterocycles. The predicted octanol–water partition coefficient (Wildman–Crippen LogP) is 4.16. The fraction of sp³-hybridized carbons (Fsp3) is 0.296. The Hall–Kier alpha value is -2.91. The summed E-state index contributed by atoms with van der Waals surface area (Å²) in [4.78, 5) is 15.9. The summed E-state index contributed by atoms with van der Waals surface area (Å²) in [5.74, 6) is -0.0611. The number of nitrogens with one attached hydrogen (secondary N) is 1. The number of benzene rings is 3. The molecule has 1 unspecified atom stereocenters. The molecule has 0 saturated carbocycles. The lowest BCUT2D eigenvalue weighted by Gasteiger charge is -2.28. The molecule has 3 nitrogen and oxygen atoms in total. The van der Waals surface area contributed by atoms with Gasteiger partial charge >= 0.3 is 0 Å². The maximum absolute atomic E-state index is 13.4. The number of fused-ring (bicyclic) bond motifs is 2. The van der Waals surface area contributed by atoms with Crippen LogP contribution in [0.5, 0.6) is 0 Å². The van der Waals surface area contributed by atoms with E-state index in [1.807, 2.05) is 12.1 Å². The van der Waals surface area contributed by atoms with Crippen LogP contribution < -0.4 is 5.32 Å². The highest BCUT2D eigenvalue weighted by Gasteiger charge is 2.33.